The number of rotatable bonds is 3. The maximum Gasteiger partial charge on any atom is 0.270 e. The topological polar surface area (TPSA) is 58.4 Å². The Morgan fingerprint density at radius 1 is 1.27 bits per heavy atom. The maximum absolute atomic E-state index is 13.0. The van der Waals surface area contributed by atoms with E-state index in [9.17, 15) is 9.90 Å². The molecule has 1 aliphatic rings. The first-order chi connectivity index (χ1) is 12.5. The fourth-order valence-corrected chi connectivity index (χ4v) is 4.05. The quantitative estimate of drug-likeness (QED) is 0.772. The van der Waals surface area contributed by atoms with Gasteiger partial charge in [-0.15, -0.1) is 0 Å². The second-order valence-electron chi connectivity index (χ2n) is 6.83. The van der Waals surface area contributed by atoms with Gasteiger partial charge in [0, 0.05) is 43.3 Å². The van der Waals surface area contributed by atoms with Crippen LogP contribution in [0.2, 0.25) is 5.02 Å². The molecule has 0 unspecified atom stereocenters. The Hall–Kier alpha value is -2.37. The van der Waals surface area contributed by atoms with E-state index in [0.717, 1.165) is 16.6 Å². The van der Waals surface area contributed by atoms with Gasteiger partial charge in [0.2, 0.25) is 0 Å². The smallest absolute Gasteiger partial charge is 0.270 e. The number of carbonyl (C=O) groups excluding carboxylic acids is 1. The molecule has 1 aliphatic heterocycles. The van der Waals surface area contributed by atoms with Gasteiger partial charge in [-0.25, -0.2) is 0 Å². The SMILES string of the molecule is Cn1c(C(=O)N2C[C@@H](Cc3ccccn3)[C@H](O)C2)cc2cccc(Cl)c21. The number of aromatic nitrogens is 2. The summed E-state index contributed by atoms with van der Waals surface area (Å²) in [6.07, 6.45) is 1.87. The minimum atomic E-state index is -0.542. The summed E-state index contributed by atoms with van der Waals surface area (Å²) < 4.78 is 1.83. The van der Waals surface area contributed by atoms with E-state index in [1.165, 1.54) is 0 Å². The first-order valence-corrected chi connectivity index (χ1v) is 9.03. The Balaban J connectivity index is 1.56. The molecule has 0 bridgehead atoms. The molecule has 0 saturated carbocycles. The molecule has 3 aromatic rings. The molecule has 134 valence electrons. The summed E-state index contributed by atoms with van der Waals surface area (Å²) in [6, 6.07) is 13.3. The summed E-state index contributed by atoms with van der Waals surface area (Å²) in [5.41, 5.74) is 2.36. The van der Waals surface area contributed by atoms with Crippen molar-refractivity contribution in [1.29, 1.82) is 0 Å². The molecule has 1 amide bonds. The van der Waals surface area contributed by atoms with Crippen molar-refractivity contribution < 1.29 is 9.90 Å². The molecule has 5 nitrogen and oxygen atoms in total. The van der Waals surface area contributed by atoms with Crippen LogP contribution in [0.15, 0.2) is 48.7 Å². The van der Waals surface area contributed by atoms with Crippen LogP contribution in [-0.4, -0.2) is 44.7 Å². The van der Waals surface area contributed by atoms with Gasteiger partial charge in [-0.2, -0.15) is 0 Å². The van der Waals surface area contributed by atoms with Crippen molar-refractivity contribution in [1.82, 2.24) is 14.5 Å². The Kier molecular flexibility index (Phi) is 4.42. The average Bonchev–Trinajstić information content (AvgIpc) is 3.17. The van der Waals surface area contributed by atoms with Crippen LogP contribution in [0.5, 0.6) is 0 Å². The molecule has 0 spiro atoms. The summed E-state index contributed by atoms with van der Waals surface area (Å²) >= 11 is 6.28. The number of hydrogen-bond acceptors (Lipinski definition) is 3. The van der Waals surface area contributed by atoms with Crippen LogP contribution >= 0.6 is 11.6 Å². The van der Waals surface area contributed by atoms with Gasteiger partial charge in [0.05, 0.1) is 16.6 Å². The van der Waals surface area contributed by atoms with Gasteiger partial charge in [0.25, 0.3) is 5.91 Å². The highest BCUT2D eigenvalue weighted by molar-refractivity contribution is 6.35. The third-order valence-electron chi connectivity index (χ3n) is 5.12. The van der Waals surface area contributed by atoms with Crippen molar-refractivity contribution in [2.45, 2.75) is 12.5 Å². The summed E-state index contributed by atoms with van der Waals surface area (Å²) in [6.45, 7) is 0.859. The number of amides is 1. The molecule has 6 heteroatoms. The highest BCUT2D eigenvalue weighted by Gasteiger charge is 2.35. The fraction of sp³-hybridized carbons (Fsp3) is 0.300. The van der Waals surface area contributed by atoms with E-state index in [1.54, 1.807) is 11.1 Å². The van der Waals surface area contributed by atoms with E-state index in [2.05, 4.69) is 4.98 Å². The molecule has 26 heavy (non-hydrogen) atoms. The number of hydrogen-bond donors (Lipinski definition) is 1. The highest BCUT2D eigenvalue weighted by atomic mass is 35.5. The van der Waals surface area contributed by atoms with E-state index in [4.69, 9.17) is 11.6 Å². The van der Waals surface area contributed by atoms with Gasteiger partial charge in [-0.3, -0.25) is 9.78 Å². The normalized spacial score (nSPS) is 20.0. The number of aliphatic hydroxyl groups excluding tert-OH is 1. The number of nitrogens with zero attached hydrogens (tertiary/aromatic N) is 3. The second-order valence-corrected chi connectivity index (χ2v) is 7.24. The first-order valence-electron chi connectivity index (χ1n) is 8.66. The number of β-amino-alcohol motifs (C(OH)–C–C–N with tert-alkyl or cyclic N) is 1. The van der Waals surface area contributed by atoms with Gasteiger partial charge in [-0.1, -0.05) is 29.8 Å². The number of fused-ring (bicyclic) bond motifs is 1. The zero-order valence-corrected chi connectivity index (χ0v) is 15.2. The number of likely N-dealkylation sites (tertiary alicyclic amines) is 1. The molecule has 2 atom stereocenters. The Bertz CT molecular complexity index is 954. The number of pyridine rings is 1. The van der Waals surface area contributed by atoms with Gasteiger partial charge in [-0.05, 0) is 30.7 Å². The monoisotopic (exact) mass is 369 g/mol. The van der Waals surface area contributed by atoms with Crippen LogP contribution in [0.25, 0.3) is 10.9 Å². The number of halogens is 1. The molecule has 1 N–H and O–H groups in total. The van der Waals surface area contributed by atoms with Crippen LogP contribution in [0, 0.1) is 5.92 Å². The largest absolute Gasteiger partial charge is 0.391 e. The molecule has 4 rings (SSSR count). The maximum atomic E-state index is 13.0. The first kappa shape index (κ1) is 17.1. The molecule has 1 saturated heterocycles. The standard InChI is InChI=1S/C20H20ClN3O2/c1-23-17(10-13-5-4-7-16(21)19(13)23)20(26)24-11-14(18(25)12-24)9-15-6-2-3-8-22-15/h2-8,10,14,18,25H,9,11-12H2,1H3/t14-,18-/m1/s1. The molecule has 2 aromatic heterocycles. The van der Waals surface area contributed by atoms with Crippen molar-refractivity contribution in [2.24, 2.45) is 13.0 Å². The van der Waals surface area contributed by atoms with Crippen molar-refractivity contribution in [3.05, 3.63) is 65.1 Å². The molecule has 0 aliphatic carbocycles. The molecule has 1 aromatic carbocycles. The Labute approximate surface area is 156 Å². The minimum Gasteiger partial charge on any atom is -0.391 e. The van der Waals surface area contributed by atoms with Crippen molar-refractivity contribution in [3.63, 3.8) is 0 Å². The van der Waals surface area contributed by atoms with Crippen molar-refractivity contribution in [2.75, 3.05) is 13.1 Å². The van der Waals surface area contributed by atoms with E-state index in [1.807, 2.05) is 54.1 Å². The van der Waals surface area contributed by atoms with Gasteiger partial charge in [0.15, 0.2) is 0 Å². The van der Waals surface area contributed by atoms with Crippen LogP contribution in [0.1, 0.15) is 16.2 Å². The molecule has 0 radical (unpaired) electrons. The van der Waals surface area contributed by atoms with Crippen LogP contribution in [-0.2, 0) is 13.5 Å². The number of aliphatic hydroxyl groups is 1. The molecule has 1 fully saturated rings. The second kappa shape index (κ2) is 6.74. The fourth-order valence-electron chi connectivity index (χ4n) is 3.74. The lowest BCUT2D eigenvalue weighted by molar-refractivity contribution is 0.0756. The Morgan fingerprint density at radius 2 is 2.12 bits per heavy atom. The van der Waals surface area contributed by atoms with Crippen molar-refractivity contribution in [3.8, 4) is 0 Å². The number of para-hydroxylation sites is 1. The van der Waals surface area contributed by atoms with E-state index in [0.29, 0.717) is 30.2 Å². The third-order valence-corrected chi connectivity index (χ3v) is 5.42. The zero-order chi connectivity index (χ0) is 18.3. The molecular formula is C20H20ClN3O2. The van der Waals surface area contributed by atoms with Gasteiger partial charge >= 0.3 is 0 Å². The number of aryl methyl sites for hydroxylation is 1. The van der Waals surface area contributed by atoms with E-state index in [-0.39, 0.29) is 11.8 Å². The van der Waals surface area contributed by atoms with Crippen LogP contribution < -0.4 is 0 Å². The number of carbonyl (C=O) groups is 1. The molecule has 3 heterocycles. The van der Waals surface area contributed by atoms with Gasteiger partial charge < -0.3 is 14.6 Å². The van der Waals surface area contributed by atoms with E-state index < -0.39 is 6.10 Å². The molecular weight excluding hydrogens is 350 g/mol. The summed E-state index contributed by atoms with van der Waals surface area (Å²) in [7, 11) is 1.85. The van der Waals surface area contributed by atoms with Gasteiger partial charge in [0.1, 0.15) is 5.69 Å². The summed E-state index contributed by atoms with van der Waals surface area (Å²) in [5, 5.41) is 12.0. The average molecular weight is 370 g/mol. The highest BCUT2D eigenvalue weighted by Crippen LogP contribution is 2.28. The predicted octanol–water partition coefficient (Wildman–Crippen LogP) is 2.90. The third kappa shape index (κ3) is 2.97. The van der Waals surface area contributed by atoms with Crippen LogP contribution in [0.4, 0.5) is 0 Å². The van der Waals surface area contributed by atoms with Crippen LogP contribution in [0.3, 0.4) is 0 Å². The zero-order valence-electron chi connectivity index (χ0n) is 14.5. The lowest BCUT2D eigenvalue weighted by atomic mass is 10.00. The summed E-state index contributed by atoms with van der Waals surface area (Å²) in [5.74, 6) is -0.0885. The Morgan fingerprint density at radius 3 is 2.85 bits per heavy atom. The summed E-state index contributed by atoms with van der Waals surface area (Å²) in [4.78, 5) is 19.1. The lowest BCUT2D eigenvalue weighted by Crippen LogP contribution is -2.31. The van der Waals surface area contributed by atoms with Crippen molar-refractivity contribution >= 4 is 28.4 Å². The number of benzene rings is 1. The predicted molar refractivity (Wildman–Crippen MR) is 101 cm³/mol. The lowest BCUT2D eigenvalue weighted by Gasteiger charge is -2.16. The van der Waals surface area contributed by atoms with E-state index >= 15 is 0 Å². The minimum absolute atomic E-state index is 0.00729.